The molecule has 1 unspecified atom stereocenters. The van der Waals surface area contributed by atoms with Gasteiger partial charge in [-0.1, -0.05) is 6.07 Å². The molecule has 108 valence electrons. The van der Waals surface area contributed by atoms with E-state index in [-0.39, 0.29) is 19.1 Å². The average Bonchev–Trinajstić information content (AvgIpc) is 3.05. The maximum absolute atomic E-state index is 12.1. The SMILES string of the molecule is COCC(O)CNC(=O)c1sc(-c2cccs2)nc1C. The molecule has 1 atom stereocenters. The standard InChI is InChI=1S/C13H16N2O3S2/c1-8-11(12(17)14-6-9(16)7-18-2)20-13(15-8)10-4-3-5-19-10/h3-5,9,16H,6-7H2,1-2H3,(H,14,17). The zero-order valence-electron chi connectivity index (χ0n) is 11.3. The Morgan fingerprint density at radius 1 is 1.60 bits per heavy atom. The lowest BCUT2D eigenvalue weighted by Gasteiger charge is -2.09. The molecule has 2 aromatic heterocycles. The number of hydrogen-bond acceptors (Lipinski definition) is 6. The highest BCUT2D eigenvalue weighted by Crippen LogP contribution is 2.30. The van der Waals surface area contributed by atoms with Crippen LogP contribution in [0.3, 0.4) is 0 Å². The molecule has 20 heavy (non-hydrogen) atoms. The summed E-state index contributed by atoms with van der Waals surface area (Å²) in [6, 6.07) is 3.94. The summed E-state index contributed by atoms with van der Waals surface area (Å²) in [7, 11) is 1.51. The van der Waals surface area contributed by atoms with E-state index in [1.165, 1.54) is 18.4 Å². The second kappa shape index (κ2) is 6.94. The molecular formula is C13H16N2O3S2. The molecule has 0 aromatic carbocycles. The number of hydrogen-bond donors (Lipinski definition) is 2. The Hall–Kier alpha value is -1.28. The number of amides is 1. The van der Waals surface area contributed by atoms with E-state index in [0.717, 1.165) is 9.88 Å². The van der Waals surface area contributed by atoms with Crippen molar-refractivity contribution >= 4 is 28.6 Å². The fraction of sp³-hybridized carbons (Fsp3) is 0.385. The molecule has 0 bridgehead atoms. The molecule has 0 radical (unpaired) electrons. The topological polar surface area (TPSA) is 71.5 Å². The Kier molecular flexibility index (Phi) is 5.24. The number of ether oxygens (including phenoxy) is 1. The van der Waals surface area contributed by atoms with Gasteiger partial charge >= 0.3 is 0 Å². The second-order valence-corrected chi connectivity index (χ2v) is 6.18. The Balaban J connectivity index is 2.03. The first-order valence-corrected chi connectivity index (χ1v) is 7.78. The van der Waals surface area contributed by atoms with Crippen molar-refractivity contribution in [2.24, 2.45) is 0 Å². The monoisotopic (exact) mass is 312 g/mol. The number of nitrogens with zero attached hydrogens (tertiary/aromatic N) is 1. The summed E-state index contributed by atoms with van der Waals surface area (Å²) in [5.41, 5.74) is 0.706. The zero-order chi connectivity index (χ0) is 14.5. The van der Waals surface area contributed by atoms with E-state index in [2.05, 4.69) is 10.3 Å². The maximum atomic E-state index is 12.1. The third-order valence-electron chi connectivity index (χ3n) is 2.59. The van der Waals surface area contributed by atoms with Crippen molar-refractivity contribution < 1.29 is 14.6 Å². The summed E-state index contributed by atoms with van der Waals surface area (Å²) in [6.45, 7) is 2.18. The van der Waals surface area contributed by atoms with Gasteiger partial charge in [0.1, 0.15) is 9.88 Å². The van der Waals surface area contributed by atoms with Gasteiger partial charge in [-0.3, -0.25) is 4.79 Å². The van der Waals surface area contributed by atoms with E-state index in [1.807, 2.05) is 24.4 Å². The summed E-state index contributed by atoms with van der Waals surface area (Å²) in [4.78, 5) is 18.1. The molecule has 2 aromatic rings. The molecule has 0 saturated carbocycles. The highest BCUT2D eigenvalue weighted by Gasteiger charge is 2.17. The minimum absolute atomic E-state index is 0.165. The molecule has 5 nitrogen and oxygen atoms in total. The minimum Gasteiger partial charge on any atom is -0.389 e. The van der Waals surface area contributed by atoms with Gasteiger partial charge < -0.3 is 15.2 Å². The third kappa shape index (κ3) is 3.63. The van der Waals surface area contributed by atoms with Crippen LogP contribution in [0.25, 0.3) is 9.88 Å². The van der Waals surface area contributed by atoms with Crippen molar-refractivity contribution in [2.45, 2.75) is 13.0 Å². The second-order valence-electron chi connectivity index (χ2n) is 4.23. The Bertz CT molecular complexity index is 566. The van der Waals surface area contributed by atoms with E-state index in [0.29, 0.717) is 10.6 Å². The van der Waals surface area contributed by atoms with Crippen LogP contribution >= 0.6 is 22.7 Å². The minimum atomic E-state index is -0.700. The van der Waals surface area contributed by atoms with Gasteiger partial charge in [-0.05, 0) is 18.4 Å². The fourth-order valence-corrected chi connectivity index (χ4v) is 3.43. The number of aromatic nitrogens is 1. The van der Waals surface area contributed by atoms with Gasteiger partial charge in [0, 0.05) is 13.7 Å². The van der Waals surface area contributed by atoms with E-state index >= 15 is 0 Å². The summed E-state index contributed by atoms with van der Waals surface area (Å²) < 4.78 is 4.81. The Morgan fingerprint density at radius 2 is 2.40 bits per heavy atom. The van der Waals surface area contributed by atoms with E-state index in [1.54, 1.807) is 11.3 Å². The van der Waals surface area contributed by atoms with Gasteiger partial charge in [-0.2, -0.15) is 0 Å². The van der Waals surface area contributed by atoms with Crippen LogP contribution in [0.1, 0.15) is 15.4 Å². The van der Waals surface area contributed by atoms with Gasteiger partial charge in [0.15, 0.2) is 0 Å². The summed E-state index contributed by atoms with van der Waals surface area (Å²) in [5, 5.41) is 15.0. The van der Waals surface area contributed by atoms with E-state index in [9.17, 15) is 9.90 Å². The van der Waals surface area contributed by atoms with E-state index in [4.69, 9.17) is 4.74 Å². The summed E-state index contributed by atoms with van der Waals surface area (Å²) in [6.07, 6.45) is -0.700. The first kappa shape index (κ1) is 15.1. The quantitative estimate of drug-likeness (QED) is 0.855. The molecule has 0 aliphatic carbocycles. The van der Waals surface area contributed by atoms with Crippen molar-refractivity contribution in [1.29, 1.82) is 0 Å². The van der Waals surface area contributed by atoms with Crippen molar-refractivity contribution in [3.8, 4) is 9.88 Å². The van der Waals surface area contributed by atoms with E-state index < -0.39 is 6.10 Å². The highest BCUT2D eigenvalue weighted by molar-refractivity contribution is 7.22. The van der Waals surface area contributed by atoms with Gasteiger partial charge in [-0.15, -0.1) is 22.7 Å². The fourth-order valence-electron chi connectivity index (χ4n) is 1.65. The lowest BCUT2D eigenvalue weighted by molar-refractivity contribution is 0.0610. The van der Waals surface area contributed by atoms with Gasteiger partial charge in [0.2, 0.25) is 0 Å². The van der Waals surface area contributed by atoms with Crippen LogP contribution in [-0.2, 0) is 4.74 Å². The third-order valence-corrected chi connectivity index (χ3v) is 4.79. The molecule has 1 amide bonds. The molecule has 0 fully saturated rings. The number of thiazole rings is 1. The first-order chi connectivity index (χ1) is 9.61. The molecule has 2 heterocycles. The van der Waals surface area contributed by atoms with Crippen molar-refractivity contribution in [3.05, 3.63) is 28.1 Å². The van der Waals surface area contributed by atoms with Crippen LogP contribution in [0.2, 0.25) is 0 Å². The molecule has 7 heteroatoms. The number of aryl methyl sites for hydroxylation is 1. The van der Waals surface area contributed by atoms with Crippen molar-refractivity contribution in [2.75, 3.05) is 20.3 Å². The van der Waals surface area contributed by atoms with Crippen molar-refractivity contribution in [1.82, 2.24) is 10.3 Å². The number of thiophene rings is 1. The maximum Gasteiger partial charge on any atom is 0.263 e. The first-order valence-electron chi connectivity index (χ1n) is 6.08. The van der Waals surface area contributed by atoms with Crippen LogP contribution in [0.5, 0.6) is 0 Å². The predicted octanol–water partition coefficient (Wildman–Crippen LogP) is 1.92. The number of rotatable bonds is 6. The molecule has 0 aliphatic heterocycles. The number of nitrogens with one attached hydrogen (secondary N) is 1. The molecule has 0 spiro atoms. The van der Waals surface area contributed by atoms with Crippen LogP contribution in [0.4, 0.5) is 0 Å². The average molecular weight is 312 g/mol. The largest absolute Gasteiger partial charge is 0.389 e. The number of methoxy groups -OCH3 is 1. The zero-order valence-corrected chi connectivity index (χ0v) is 12.9. The van der Waals surface area contributed by atoms with Crippen LogP contribution in [0, 0.1) is 6.92 Å². The normalized spacial score (nSPS) is 12.3. The predicted molar refractivity (Wildman–Crippen MR) is 80.4 cm³/mol. The summed E-state index contributed by atoms with van der Waals surface area (Å²) >= 11 is 2.96. The van der Waals surface area contributed by atoms with Crippen LogP contribution < -0.4 is 5.32 Å². The number of aliphatic hydroxyl groups excluding tert-OH is 1. The molecule has 2 rings (SSSR count). The molecule has 0 saturated heterocycles. The molecular weight excluding hydrogens is 296 g/mol. The van der Waals surface area contributed by atoms with Crippen LogP contribution in [-0.4, -0.2) is 42.4 Å². The lowest BCUT2D eigenvalue weighted by atomic mass is 10.3. The van der Waals surface area contributed by atoms with Crippen LogP contribution in [0.15, 0.2) is 17.5 Å². The summed E-state index contributed by atoms with van der Waals surface area (Å²) in [5.74, 6) is -0.210. The van der Waals surface area contributed by atoms with Crippen molar-refractivity contribution in [3.63, 3.8) is 0 Å². The van der Waals surface area contributed by atoms with Gasteiger partial charge in [0.25, 0.3) is 5.91 Å². The number of aliphatic hydroxyl groups is 1. The van der Waals surface area contributed by atoms with Gasteiger partial charge in [0.05, 0.1) is 23.3 Å². The lowest BCUT2D eigenvalue weighted by Crippen LogP contribution is -2.34. The van der Waals surface area contributed by atoms with Gasteiger partial charge in [-0.25, -0.2) is 4.98 Å². The highest BCUT2D eigenvalue weighted by atomic mass is 32.1. The smallest absolute Gasteiger partial charge is 0.263 e. The Morgan fingerprint density at radius 3 is 3.05 bits per heavy atom. The number of carbonyl (C=O) groups excluding carboxylic acids is 1. The molecule has 0 aliphatic rings. The molecule has 2 N–H and O–H groups in total. The number of carbonyl (C=O) groups is 1. The Labute approximate surface area is 125 Å².